The maximum absolute atomic E-state index is 14.5. The molecule has 0 radical (unpaired) electrons. The lowest BCUT2D eigenvalue weighted by Gasteiger charge is -2.38. The Kier molecular flexibility index (Phi) is 7.07. The van der Waals surface area contributed by atoms with E-state index < -0.39 is 89.3 Å². The third-order valence-electron chi connectivity index (χ3n) is 7.17. The van der Waals surface area contributed by atoms with E-state index in [1.54, 1.807) is 0 Å². The molecule has 6 nitrogen and oxygen atoms in total. The van der Waals surface area contributed by atoms with Crippen LogP contribution in [0.1, 0.15) is 35.7 Å². The smallest absolute Gasteiger partial charge is 0.417 e. The first-order valence-corrected chi connectivity index (χ1v) is 11.5. The van der Waals surface area contributed by atoms with Gasteiger partial charge in [-0.3, -0.25) is 9.59 Å². The highest BCUT2D eigenvalue weighted by Crippen LogP contribution is 2.55. The van der Waals surface area contributed by atoms with Crippen molar-refractivity contribution >= 4 is 17.5 Å². The molecule has 2 aliphatic heterocycles. The molecule has 2 amide bonds. The lowest BCUT2D eigenvalue weighted by molar-refractivity contribution is -0.272. The normalized spacial score (nSPS) is 26.2. The number of nitrogens with one attached hydrogen (secondary N) is 1. The summed E-state index contributed by atoms with van der Waals surface area (Å²) in [5.74, 6) is -13.0. The van der Waals surface area contributed by atoms with Crippen LogP contribution in [0.15, 0.2) is 30.3 Å². The predicted octanol–water partition coefficient (Wildman–Crippen LogP) is 5.28. The zero-order valence-electron chi connectivity index (χ0n) is 20.6. The molecule has 39 heavy (non-hydrogen) atoms. The standard InChI is InChI=1S/C25H22F8N2O4/c1-11-17(13-5-7-16(27)18(28)19(13)38-3)20(39-23(11,2)25(31,32)33)21(36)34-12-4-6-15(26)14(8-12)22(37)35-9-24(29,30)10-35/h4-8,11,17,20H,9-10H2,1-3H3,(H,34,36)/t11-,17-,20+,23+/m0/s1. The van der Waals surface area contributed by atoms with Gasteiger partial charge in [0.2, 0.25) is 5.82 Å². The number of carbonyl (C=O) groups excluding carboxylic acids is 2. The third kappa shape index (κ3) is 4.90. The van der Waals surface area contributed by atoms with E-state index in [9.17, 15) is 44.7 Å². The fraction of sp³-hybridized carbons (Fsp3) is 0.440. The van der Waals surface area contributed by atoms with Gasteiger partial charge in [-0.2, -0.15) is 17.6 Å². The number of anilines is 1. The lowest BCUT2D eigenvalue weighted by atomic mass is 9.77. The van der Waals surface area contributed by atoms with Gasteiger partial charge in [0.1, 0.15) is 11.9 Å². The van der Waals surface area contributed by atoms with E-state index in [4.69, 9.17) is 9.47 Å². The van der Waals surface area contributed by atoms with Crippen LogP contribution in [0.5, 0.6) is 5.75 Å². The Morgan fingerprint density at radius 3 is 2.26 bits per heavy atom. The van der Waals surface area contributed by atoms with E-state index in [2.05, 4.69) is 5.32 Å². The van der Waals surface area contributed by atoms with Crippen molar-refractivity contribution in [3.05, 3.63) is 58.9 Å². The minimum absolute atomic E-state index is 0.245. The van der Waals surface area contributed by atoms with E-state index in [0.29, 0.717) is 17.9 Å². The van der Waals surface area contributed by atoms with Crippen LogP contribution >= 0.6 is 0 Å². The first kappa shape index (κ1) is 28.6. The maximum Gasteiger partial charge on any atom is 0.417 e. The van der Waals surface area contributed by atoms with Gasteiger partial charge >= 0.3 is 6.18 Å². The second-order valence-electron chi connectivity index (χ2n) is 9.64. The Hall–Kier alpha value is -3.42. The summed E-state index contributed by atoms with van der Waals surface area (Å²) < 4.78 is 121. The molecule has 0 unspecified atom stereocenters. The van der Waals surface area contributed by atoms with Crippen LogP contribution in [-0.4, -0.2) is 60.7 Å². The molecular weight excluding hydrogens is 544 g/mol. The summed E-state index contributed by atoms with van der Waals surface area (Å²) in [6, 6.07) is 4.29. The number of hydrogen-bond acceptors (Lipinski definition) is 4. The first-order valence-electron chi connectivity index (χ1n) is 11.5. The number of hydrogen-bond donors (Lipinski definition) is 1. The molecule has 0 aromatic heterocycles. The van der Waals surface area contributed by atoms with E-state index in [0.717, 1.165) is 38.3 Å². The van der Waals surface area contributed by atoms with Crippen molar-refractivity contribution < 1.29 is 54.2 Å². The average molecular weight is 566 g/mol. The van der Waals surface area contributed by atoms with Crippen molar-refractivity contribution in [3.63, 3.8) is 0 Å². The average Bonchev–Trinajstić information content (AvgIpc) is 3.11. The molecule has 4 rings (SSSR count). The number of ether oxygens (including phenoxy) is 2. The second-order valence-corrected chi connectivity index (χ2v) is 9.64. The molecule has 0 spiro atoms. The van der Waals surface area contributed by atoms with Gasteiger partial charge in [-0.15, -0.1) is 0 Å². The fourth-order valence-electron chi connectivity index (χ4n) is 4.85. The highest BCUT2D eigenvalue weighted by atomic mass is 19.4. The van der Waals surface area contributed by atoms with Gasteiger partial charge in [-0.1, -0.05) is 13.0 Å². The number of nitrogens with zero attached hydrogens (tertiary/aromatic N) is 1. The number of rotatable bonds is 5. The topological polar surface area (TPSA) is 67.9 Å². The Labute approximate surface area is 216 Å². The summed E-state index contributed by atoms with van der Waals surface area (Å²) in [7, 11) is 0.977. The number of alkyl halides is 5. The number of likely N-dealkylation sites (tertiary alicyclic amines) is 1. The number of methoxy groups -OCH3 is 1. The SMILES string of the molecule is COc1c([C@H]2[C@H](C(=O)Nc3ccc(F)c(C(=O)N4CC(F)(F)C4)c3)O[C@@](C)(C(F)(F)F)[C@H]2C)ccc(F)c1F. The molecule has 2 saturated heterocycles. The molecule has 2 fully saturated rings. The maximum atomic E-state index is 14.5. The molecule has 1 N–H and O–H groups in total. The summed E-state index contributed by atoms with van der Waals surface area (Å²) in [5, 5.41) is 2.25. The highest BCUT2D eigenvalue weighted by molar-refractivity contribution is 5.99. The Morgan fingerprint density at radius 2 is 1.69 bits per heavy atom. The summed E-state index contributed by atoms with van der Waals surface area (Å²) in [4.78, 5) is 26.4. The third-order valence-corrected chi connectivity index (χ3v) is 7.17. The number of amides is 2. The molecule has 0 aliphatic carbocycles. The Bertz CT molecular complexity index is 1310. The second kappa shape index (κ2) is 9.65. The van der Waals surface area contributed by atoms with Crippen LogP contribution in [0.25, 0.3) is 0 Å². The van der Waals surface area contributed by atoms with Gasteiger partial charge < -0.3 is 19.7 Å². The van der Waals surface area contributed by atoms with E-state index in [1.807, 2.05) is 0 Å². The molecule has 212 valence electrons. The Balaban J connectivity index is 1.68. The number of benzene rings is 2. The lowest BCUT2D eigenvalue weighted by Crippen LogP contribution is -2.58. The van der Waals surface area contributed by atoms with Crippen LogP contribution in [0.4, 0.5) is 40.8 Å². The minimum atomic E-state index is -4.99. The molecular formula is C25H22F8N2O4. The first-order chi connectivity index (χ1) is 18.0. The monoisotopic (exact) mass is 566 g/mol. The van der Waals surface area contributed by atoms with Crippen molar-refractivity contribution in [2.75, 3.05) is 25.5 Å². The molecule has 2 aromatic rings. The summed E-state index contributed by atoms with van der Waals surface area (Å²) in [5.41, 5.74) is -4.05. The van der Waals surface area contributed by atoms with Crippen LogP contribution in [0, 0.1) is 23.4 Å². The quantitative estimate of drug-likeness (QED) is 0.501. The van der Waals surface area contributed by atoms with Crippen molar-refractivity contribution in [3.8, 4) is 5.75 Å². The molecule has 0 bridgehead atoms. The molecule has 4 atom stereocenters. The summed E-state index contributed by atoms with van der Waals surface area (Å²) in [6.07, 6.45) is -6.91. The predicted molar refractivity (Wildman–Crippen MR) is 120 cm³/mol. The van der Waals surface area contributed by atoms with Gasteiger partial charge in [-0.25, -0.2) is 17.6 Å². The van der Waals surface area contributed by atoms with Gasteiger partial charge in [-0.05, 0) is 31.2 Å². The van der Waals surface area contributed by atoms with Crippen molar-refractivity contribution in [2.45, 2.75) is 43.6 Å². The van der Waals surface area contributed by atoms with Crippen LogP contribution in [0.3, 0.4) is 0 Å². The molecule has 14 heteroatoms. The summed E-state index contributed by atoms with van der Waals surface area (Å²) in [6.45, 7) is -0.0156. The molecule has 2 heterocycles. The van der Waals surface area contributed by atoms with Gasteiger partial charge in [0, 0.05) is 23.1 Å². The summed E-state index contributed by atoms with van der Waals surface area (Å²) >= 11 is 0. The fourth-order valence-corrected chi connectivity index (χ4v) is 4.85. The van der Waals surface area contributed by atoms with Gasteiger partial charge in [0.05, 0.1) is 25.8 Å². The highest BCUT2D eigenvalue weighted by Gasteiger charge is 2.66. The Morgan fingerprint density at radius 1 is 1.08 bits per heavy atom. The zero-order valence-corrected chi connectivity index (χ0v) is 20.6. The van der Waals surface area contributed by atoms with Crippen molar-refractivity contribution in [2.24, 2.45) is 5.92 Å². The van der Waals surface area contributed by atoms with Gasteiger partial charge in [0.25, 0.3) is 17.7 Å². The van der Waals surface area contributed by atoms with E-state index >= 15 is 0 Å². The molecule has 2 aliphatic rings. The largest absolute Gasteiger partial charge is 0.493 e. The van der Waals surface area contributed by atoms with E-state index in [-0.39, 0.29) is 11.3 Å². The minimum Gasteiger partial charge on any atom is -0.493 e. The van der Waals surface area contributed by atoms with E-state index in [1.165, 1.54) is 0 Å². The van der Waals surface area contributed by atoms with Crippen LogP contribution in [-0.2, 0) is 9.53 Å². The van der Waals surface area contributed by atoms with Gasteiger partial charge in [0.15, 0.2) is 17.2 Å². The molecule has 0 saturated carbocycles. The van der Waals surface area contributed by atoms with Crippen molar-refractivity contribution in [1.29, 1.82) is 0 Å². The number of halogens is 8. The van der Waals surface area contributed by atoms with Crippen LogP contribution in [0.2, 0.25) is 0 Å². The van der Waals surface area contributed by atoms with Crippen molar-refractivity contribution in [1.82, 2.24) is 4.90 Å². The van der Waals surface area contributed by atoms with Crippen LogP contribution < -0.4 is 10.1 Å². The zero-order chi connectivity index (χ0) is 29.1. The molecule has 2 aromatic carbocycles. The number of carbonyl (C=O) groups is 2.